The molecule has 0 radical (unpaired) electrons. The first-order chi connectivity index (χ1) is 26.0. The van der Waals surface area contributed by atoms with Gasteiger partial charge in [0.25, 0.3) is 0 Å². The molecule has 2 heteroatoms. The van der Waals surface area contributed by atoms with Gasteiger partial charge in [-0.1, -0.05) is 147 Å². The summed E-state index contributed by atoms with van der Waals surface area (Å²) in [5.41, 5.74) is 17.1. The molecule has 0 saturated heterocycles. The van der Waals surface area contributed by atoms with Crippen molar-refractivity contribution in [2.45, 2.75) is 19.3 Å². The molecule has 53 heavy (non-hydrogen) atoms. The van der Waals surface area contributed by atoms with Gasteiger partial charge in [0.05, 0.1) is 11.0 Å². The van der Waals surface area contributed by atoms with E-state index in [0.29, 0.717) is 0 Å². The predicted molar refractivity (Wildman–Crippen MR) is 224 cm³/mol. The quantitative estimate of drug-likeness (QED) is 0.170. The number of nitrogens with zero attached hydrogens (tertiary/aromatic N) is 2. The summed E-state index contributed by atoms with van der Waals surface area (Å²) in [6.45, 7) is 4.71. The molecule has 1 heterocycles. The van der Waals surface area contributed by atoms with Crippen molar-refractivity contribution in [2.75, 3.05) is 4.90 Å². The van der Waals surface area contributed by atoms with Crippen LogP contribution in [0.2, 0.25) is 0 Å². The lowest BCUT2D eigenvalue weighted by Crippen LogP contribution is -2.16. The van der Waals surface area contributed by atoms with E-state index in [0.717, 1.165) is 22.7 Å². The third-order valence-corrected chi connectivity index (χ3v) is 11.2. The van der Waals surface area contributed by atoms with Crippen LogP contribution in [0.1, 0.15) is 25.0 Å². The van der Waals surface area contributed by atoms with E-state index < -0.39 is 0 Å². The van der Waals surface area contributed by atoms with E-state index >= 15 is 0 Å². The van der Waals surface area contributed by atoms with E-state index in [2.05, 4.69) is 217 Å². The molecule has 0 N–H and O–H groups in total. The van der Waals surface area contributed by atoms with Gasteiger partial charge in [0.15, 0.2) is 0 Å². The average molecular weight is 679 g/mol. The minimum absolute atomic E-state index is 0.0980. The second-order valence-electron chi connectivity index (χ2n) is 14.6. The summed E-state index contributed by atoms with van der Waals surface area (Å²) < 4.78 is 2.39. The Bertz CT molecular complexity index is 2790. The summed E-state index contributed by atoms with van der Waals surface area (Å²) in [6.07, 6.45) is 0. The first kappa shape index (κ1) is 31.1. The van der Waals surface area contributed by atoms with Crippen molar-refractivity contribution in [3.63, 3.8) is 0 Å². The Morgan fingerprint density at radius 3 is 1.79 bits per heavy atom. The lowest BCUT2D eigenvalue weighted by Gasteiger charge is -2.28. The van der Waals surface area contributed by atoms with E-state index in [1.807, 2.05) is 0 Å². The number of hydrogen-bond donors (Lipinski definition) is 0. The number of para-hydroxylation sites is 2. The molecule has 0 fully saturated rings. The predicted octanol–water partition coefficient (Wildman–Crippen LogP) is 13.9. The first-order valence-corrected chi connectivity index (χ1v) is 18.4. The van der Waals surface area contributed by atoms with E-state index in [9.17, 15) is 0 Å². The van der Waals surface area contributed by atoms with Crippen LogP contribution in [-0.4, -0.2) is 4.57 Å². The normalized spacial score (nSPS) is 12.9. The highest BCUT2D eigenvalue weighted by Gasteiger charge is 2.35. The summed E-state index contributed by atoms with van der Waals surface area (Å²) in [4.78, 5) is 2.41. The van der Waals surface area contributed by atoms with Crippen molar-refractivity contribution >= 4 is 38.9 Å². The van der Waals surface area contributed by atoms with Crippen LogP contribution in [0, 0.1) is 0 Å². The SMILES string of the molecule is CC1(C)c2ccccc2-c2ccc(N(c3ccc(-c4ccccc4)cc3)c3cccc(-c4ccc5c6ccccc6n(-c6ccccc6)c5c4)c3)cc21. The molecule has 9 aromatic rings. The Morgan fingerprint density at radius 1 is 0.377 bits per heavy atom. The van der Waals surface area contributed by atoms with Gasteiger partial charge in [-0.3, -0.25) is 0 Å². The first-order valence-electron chi connectivity index (χ1n) is 18.4. The average Bonchev–Trinajstić information content (AvgIpc) is 3.67. The molecular weight excluding hydrogens is 641 g/mol. The lowest BCUT2D eigenvalue weighted by atomic mass is 9.82. The Morgan fingerprint density at radius 2 is 0.962 bits per heavy atom. The summed E-state index contributed by atoms with van der Waals surface area (Å²) in [6, 6.07) is 70.8. The minimum atomic E-state index is -0.0980. The fourth-order valence-electron chi connectivity index (χ4n) is 8.54. The molecule has 0 spiro atoms. The molecule has 252 valence electrons. The van der Waals surface area contributed by atoms with Crippen LogP contribution in [-0.2, 0) is 5.41 Å². The molecule has 2 nitrogen and oxygen atoms in total. The maximum Gasteiger partial charge on any atom is 0.0547 e. The van der Waals surface area contributed by atoms with Gasteiger partial charge in [-0.2, -0.15) is 0 Å². The van der Waals surface area contributed by atoms with Gasteiger partial charge in [0.2, 0.25) is 0 Å². The number of benzene rings is 8. The highest BCUT2D eigenvalue weighted by molar-refractivity contribution is 6.10. The van der Waals surface area contributed by atoms with Crippen molar-refractivity contribution in [2.24, 2.45) is 0 Å². The van der Waals surface area contributed by atoms with Crippen molar-refractivity contribution in [1.29, 1.82) is 0 Å². The number of anilines is 3. The monoisotopic (exact) mass is 678 g/mol. The molecule has 0 unspecified atom stereocenters. The van der Waals surface area contributed by atoms with Gasteiger partial charge in [-0.25, -0.2) is 0 Å². The standard InChI is InChI=1S/C51H38N2/c1-51(2)47-22-11-9-20-43(47)44-31-29-42(34-48(44)51)52(40-27-24-36(25-28-40)35-14-5-3-6-15-35)41-19-13-16-37(32-41)38-26-30-46-45-21-10-12-23-49(45)53(50(46)33-38)39-17-7-4-8-18-39/h3-34H,1-2H3. The van der Waals surface area contributed by atoms with Crippen molar-refractivity contribution in [3.05, 3.63) is 205 Å². The van der Waals surface area contributed by atoms with Gasteiger partial charge < -0.3 is 9.47 Å². The zero-order valence-corrected chi connectivity index (χ0v) is 29.9. The topological polar surface area (TPSA) is 8.17 Å². The maximum absolute atomic E-state index is 2.41. The second-order valence-corrected chi connectivity index (χ2v) is 14.6. The Balaban J connectivity index is 1.12. The van der Waals surface area contributed by atoms with Crippen molar-refractivity contribution in [1.82, 2.24) is 4.57 Å². The van der Waals surface area contributed by atoms with Gasteiger partial charge in [0, 0.05) is 38.9 Å². The van der Waals surface area contributed by atoms with E-state index in [1.54, 1.807) is 0 Å². The maximum atomic E-state index is 2.41. The number of fused-ring (bicyclic) bond motifs is 6. The molecule has 10 rings (SSSR count). The molecule has 0 amide bonds. The fraction of sp³-hybridized carbons (Fsp3) is 0.0588. The van der Waals surface area contributed by atoms with Crippen LogP contribution in [0.25, 0.3) is 60.9 Å². The summed E-state index contributed by atoms with van der Waals surface area (Å²) >= 11 is 0. The molecule has 0 atom stereocenters. The van der Waals surface area contributed by atoms with Crippen molar-refractivity contribution < 1.29 is 0 Å². The van der Waals surface area contributed by atoms with Gasteiger partial charge in [-0.05, 0) is 105 Å². The third-order valence-electron chi connectivity index (χ3n) is 11.2. The molecule has 0 bridgehead atoms. The lowest BCUT2D eigenvalue weighted by molar-refractivity contribution is 0.660. The van der Waals surface area contributed by atoms with Crippen LogP contribution in [0.15, 0.2) is 194 Å². The minimum Gasteiger partial charge on any atom is -0.310 e. The largest absolute Gasteiger partial charge is 0.310 e. The highest BCUT2D eigenvalue weighted by atomic mass is 15.1. The summed E-state index contributed by atoms with van der Waals surface area (Å²) in [5.74, 6) is 0. The van der Waals surface area contributed by atoms with Crippen molar-refractivity contribution in [3.8, 4) is 39.1 Å². The fourth-order valence-corrected chi connectivity index (χ4v) is 8.54. The van der Waals surface area contributed by atoms with Gasteiger partial charge >= 0.3 is 0 Å². The van der Waals surface area contributed by atoms with Crippen LogP contribution >= 0.6 is 0 Å². The molecule has 1 aliphatic carbocycles. The van der Waals surface area contributed by atoms with Crippen LogP contribution in [0.3, 0.4) is 0 Å². The van der Waals surface area contributed by atoms with E-state index in [-0.39, 0.29) is 5.41 Å². The zero-order chi connectivity index (χ0) is 35.5. The van der Waals surface area contributed by atoms with Gasteiger partial charge in [-0.15, -0.1) is 0 Å². The molecule has 0 saturated carbocycles. The smallest absolute Gasteiger partial charge is 0.0547 e. The Kier molecular flexibility index (Phi) is 7.19. The summed E-state index contributed by atoms with van der Waals surface area (Å²) in [7, 11) is 0. The van der Waals surface area contributed by atoms with Crippen LogP contribution < -0.4 is 4.90 Å². The number of hydrogen-bond acceptors (Lipinski definition) is 1. The molecule has 0 aliphatic heterocycles. The second kappa shape index (κ2) is 12.3. The third kappa shape index (κ3) is 5.10. The molecular formula is C51H38N2. The number of rotatable bonds is 6. The van der Waals surface area contributed by atoms with Crippen LogP contribution in [0.4, 0.5) is 17.1 Å². The van der Waals surface area contributed by atoms with Gasteiger partial charge in [0.1, 0.15) is 0 Å². The highest BCUT2D eigenvalue weighted by Crippen LogP contribution is 2.51. The molecule has 1 aromatic heterocycles. The molecule has 8 aromatic carbocycles. The van der Waals surface area contributed by atoms with E-state index in [1.165, 1.54) is 66.3 Å². The Hall–Kier alpha value is -6.64. The zero-order valence-electron chi connectivity index (χ0n) is 29.9. The van der Waals surface area contributed by atoms with Crippen LogP contribution in [0.5, 0.6) is 0 Å². The summed E-state index contributed by atoms with van der Waals surface area (Å²) in [5, 5.41) is 2.52. The molecule has 1 aliphatic rings. The number of aromatic nitrogens is 1. The Labute approximate surface area is 310 Å². The van der Waals surface area contributed by atoms with E-state index in [4.69, 9.17) is 0 Å².